The lowest BCUT2D eigenvalue weighted by atomic mass is 9.82. The maximum Gasteiger partial charge on any atom is 0.330 e. The van der Waals surface area contributed by atoms with E-state index in [1.807, 2.05) is 54.3 Å². The molecule has 0 aliphatic heterocycles. The molecular weight excluding hydrogens is 504 g/mol. The van der Waals surface area contributed by atoms with E-state index >= 15 is 0 Å². The van der Waals surface area contributed by atoms with Crippen molar-refractivity contribution in [2.24, 2.45) is 13.0 Å². The highest BCUT2D eigenvalue weighted by molar-refractivity contribution is 6.18. The van der Waals surface area contributed by atoms with E-state index in [1.165, 1.54) is 36.3 Å². The van der Waals surface area contributed by atoms with Crippen molar-refractivity contribution in [1.29, 1.82) is 0 Å². The molecule has 1 aliphatic carbocycles. The summed E-state index contributed by atoms with van der Waals surface area (Å²) in [6.45, 7) is 0. The highest BCUT2D eigenvalue weighted by atomic mass is 19.1. The Morgan fingerprint density at radius 2 is 1.77 bits per heavy atom. The summed E-state index contributed by atoms with van der Waals surface area (Å²) < 4.78 is 21.3. The van der Waals surface area contributed by atoms with Crippen LogP contribution in [-0.4, -0.2) is 36.6 Å². The molecule has 4 aromatic rings. The van der Waals surface area contributed by atoms with Gasteiger partial charge in [-0.2, -0.15) is 5.10 Å². The molecule has 1 fully saturated rings. The van der Waals surface area contributed by atoms with Crippen LogP contribution in [0.15, 0.2) is 72.9 Å². The summed E-state index contributed by atoms with van der Waals surface area (Å²) in [5.74, 6) is -2.21. The minimum atomic E-state index is -0.830. The van der Waals surface area contributed by atoms with E-state index in [0.717, 1.165) is 59.7 Å². The molecule has 0 saturated heterocycles. The maximum absolute atomic E-state index is 14.8. The van der Waals surface area contributed by atoms with Crippen LogP contribution in [0.5, 0.6) is 0 Å². The second-order valence-electron chi connectivity index (χ2n) is 10.3. The molecule has 1 atom stereocenters. The Morgan fingerprint density at radius 3 is 2.50 bits per heavy atom. The molecule has 1 heterocycles. The van der Waals surface area contributed by atoms with Gasteiger partial charge in [-0.05, 0) is 71.5 Å². The van der Waals surface area contributed by atoms with Crippen LogP contribution in [0, 0.1) is 11.7 Å². The largest absolute Gasteiger partial charge is 0.466 e. The normalized spacial score (nSPS) is 14.9. The number of amides is 1. The van der Waals surface area contributed by atoms with Gasteiger partial charge < -0.3 is 9.64 Å². The number of aryl methyl sites for hydroxylation is 1. The molecule has 2 radical (unpaired) electrons. The third-order valence-electron chi connectivity index (χ3n) is 7.60. The van der Waals surface area contributed by atoms with Gasteiger partial charge in [0.15, 0.2) is 0 Å². The zero-order valence-corrected chi connectivity index (χ0v) is 22.7. The van der Waals surface area contributed by atoms with E-state index in [2.05, 4.69) is 15.9 Å². The minimum absolute atomic E-state index is 0.119. The number of benzene rings is 3. The average Bonchev–Trinajstić information content (AvgIpc) is 3.36. The van der Waals surface area contributed by atoms with Crippen LogP contribution in [-0.2, 0) is 21.4 Å². The summed E-state index contributed by atoms with van der Waals surface area (Å²) >= 11 is 0. The van der Waals surface area contributed by atoms with E-state index in [9.17, 15) is 14.0 Å². The fourth-order valence-corrected chi connectivity index (χ4v) is 5.40. The molecule has 1 amide bonds. The Kier molecular flexibility index (Phi) is 8.15. The number of methoxy groups -OCH3 is 1. The molecule has 0 spiro atoms. The lowest BCUT2D eigenvalue weighted by molar-refractivity contribution is -0.134. The van der Waals surface area contributed by atoms with E-state index < -0.39 is 17.7 Å². The summed E-state index contributed by atoms with van der Waals surface area (Å²) in [6.07, 6.45) is 9.13. The van der Waals surface area contributed by atoms with Gasteiger partial charge in [-0.3, -0.25) is 9.48 Å². The molecule has 5 rings (SSSR count). The number of anilines is 1. The zero-order chi connectivity index (χ0) is 28.2. The van der Waals surface area contributed by atoms with Gasteiger partial charge in [0.1, 0.15) is 13.7 Å². The number of carbonyl (C=O) groups excluding carboxylic acids is 2. The average molecular weight is 535 g/mol. The van der Waals surface area contributed by atoms with Gasteiger partial charge >= 0.3 is 5.97 Å². The number of hydrogen-bond acceptors (Lipinski definition) is 4. The zero-order valence-electron chi connectivity index (χ0n) is 22.7. The summed E-state index contributed by atoms with van der Waals surface area (Å²) in [5.41, 5.74) is 4.60. The topological polar surface area (TPSA) is 64.4 Å². The standard InChI is InChI=1S/C32H31BFN3O3/c1-36-29-14-13-25(18-26(29)20-35-36)22-9-11-23(12-10-22)31(33)37(32(39)24-6-4-3-5-7-24)28-17-21(16-27(34)19-28)8-15-30(38)40-2/h8-20,24,31H,3-7H2,1-2H3/b15-8+. The van der Waals surface area contributed by atoms with Crippen molar-refractivity contribution < 1.29 is 18.7 Å². The second kappa shape index (κ2) is 11.9. The first-order valence-corrected chi connectivity index (χ1v) is 13.5. The quantitative estimate of drug-likeness (QED) is 0.157. The molecule has 6 nitrogen and oxygen atoms in total. The molecule has 1 aromatic heterocycles. The molecule has 1 unspecified atom stereocenters. The van der Waals surface area contributed by atoms with Crippen molar-refractivity contribution in [1.82, 2.24) is 9.78 Å². The van der Waals surface area contributed by atoms with Crippen molar-refractivity contribution >= 4 is 42.4 Å². The predicted octanol–water partition coefficient (Wildman–Crippen LogP) is 6.35. The van der Waals surface area contributed by atoms with Crippen molar-refractivity contribution in [2.75, 3.05) is 12.0 Å². The first kappa shape index (κ1) is 27.4. The van der Waals surface area contributed by atoms with Gasteiger partial charge in [0.2, 0.25) is 5.91 Å². The van der Waals surface area contributed by atoms with Gasteiger partial charge in [0, 0.05) is 36.1 Å². The molecule has 0 bridgehead atoms. The molecule has 3 aromatic carbocycles. The Labute approximate surface area is 234 Å². The monoisotopic (exact) mass is 535 g/mol. The van der Waals surface area contributed by atoms with Crippen LogP contribution < -0.4 is 4.90 Å². The minimum Gasteiger partial charge on any atom is -0.466 e. The predicted molar refractivity (Wildman–Crippen MR) is 156 cm³/mol. The number of nitrogens with zero attached hydrogens (tertiary/aromatic N) is 3. The van der Waals surface area contributed by atoms with Crippen LogP contribution >= 0.6 is 0 Å². The van der Waals surface area contributed by atoms with Gasteiger partial charge in [-0.25, -0.2) is 9.18 Å². The number of hydrogen-bond donors (Lipinski definition) is 0. The molecule has 1 saturated carbocycles. The Balaban J connectivity index is 1.48. The van der Waals surface area contributed by atoms with Crippen molar-refractivity contribution in [3.63, 3.8) is 0 Å². The highest BCUT2D eigenvalue weighted by Crippen LogP contribution is 2.34. The summed E-state index contributed by atoms with van der Waals surface area (Å²) in [4.78, 5) is 27.0. The fourth-order valence-electron chi connectivity index (χ4n) is 5.40. The van der Waals surface area contributed by atoms with Gasteiger partial charge in [0.25, 0.3) is 0 Å². The molecule has 1 aliphatic rings. The van der Waals surface area contributed by atoms with Crippen LogP contribution in [0.4, 0.5) is 10.1 Å². The van der Waals surface area contributed by atoms with Crippen LogP contribution in [0.1, 0.15) is 49.2 Å². The molecule has 202 valence electrons. The van der Waals surface area contributed by atoms with E-state index in [4.69, 9.17) is 7.85 Å². The highest BCUT2D eigenvalue weighted by Gasteiger charge is 2.31. The van der Waals surface area contributed by atoms with Crippen molar-refractivity contribution in [3.8, 4) is 11.1 Å². The first-order valence-electron chi connectivity index (χ1n) is 13.5. The summed E-state index contributed by atoms with van der Waals surface area (Å²) in [6, 6.07) is 18.2. The number of aromatic nitrogens is 2. The van der Waals surface area contributed by atoms with Crippen LogP contribution in [0.3, 0.4) is 0 Å². The second-order valence-corrected chi connectivity index (χ2v) is 10.3. The first-order chi connectivity index (χ1) is 19.3. The number of esters is 1. The number of halogens is 1. The van der Waals surface area contributed by atoms with Crippen molar-refractivity contribution in [3.05, 3.63) is 89.9 Å². The van der Waals surface area contributed by atoms with E-state index in [-0.39, 0.29) is 11.8 Å². The summed E-state index contributed by atoms with van der Waals surface area (Å²) in [7, 11) is 9.95. The third kappa shape index (κ3) is 5.86. The number of rotatable bonds is 7. The smallest absolute Gasteiger partial charge is 0.330 e. The Hall–Kier alpha value is -4.20. The van der Waals surface area contributed by atoms with E-state index in [0.29, 0.717) is 11.3 Å². The Morgan fingerprint density at radius 1 is 1.05 bits per heavy atom. The lowest BCUT2D eigenvalue weighted by Gasteiger charge is -2.35. The van der Waals surface area contributed by atoms with Crippen molar-refractivity contribution in [2.45, 2.75) is 38.0 Å². The van der Waals surface area contributed by atoms with Gasteiger partial charge in [-0.15, -0.1) is 0 Å². The SMILES string of the molecule is [B]C(c1ccc(-c2ccc3c(cnn3C)c2)cc1)N(C(=O)C1CCCCC1)c1cc(F)cc(/C=C/C(=O)OC)c1. The van der Waals surface area contributed by atoms with E-state index in [1.54, 1.807) is 6.07 Å². The molecule has 8 heteroatoms. The molecule has 40 heavy (non-hydrogen) atoms. The van der Waals surface area contributed by atoms with Crippen LogP contribution in [0.2, 0.25) is 0 Å². The third-order valence-corrected chi connectivity index (χ3v) is 7.60. The summed E-state index contributed by atoms with van der Waals surface area (Å²) in [5, 5.41) is 5.37. The Bertz CT molecular complexity index is 1560. The number of carbonyl (C=O) groups is 2. The fraction of sp³-hybridized carbons (Fsp3) is 0.281. The maximum atomic E-state index is 14.8. The molecular formula is C32H31BFN3O3. The van der Waals surface area contributed by atoms with Gasteiger partial charge in [-0.1, -0.05) is 49.6 Å². The number of fused-ring (bicyclic) bond motifs is 1. The number of ether oxygens (including phenoxy) is 1. The van der Waals surface area contributed by atoms with Crippen LogP contribution in [0.25, 0.3) is 28.1 Å². The molecule has 0 N–H and O–H groups in total. The lowest BCUT2D eigenvalue weighted by Crippen LogP contribution is -2.40. The van der Waals surface area contributed by atoms with Gasteiger partial charge in [0.05, 0.1) is 18.8 Å².